The molecule has 1 saturated carbocycles. The lowest BCUT2D eigenvalue weighted by atomic mass is 10.0. The number of pyridine rings is 1. The van der Waals surface area contributed by atoms with Crippen molar-refractivity contribution in [2.24, 2.45) is 0 Å². The number of halogens is 1. The molecule has 0 radical (unpaired) electrons. The van der Waals surface area contributed by atoms with Crippen molar-refractivity contribution < 1.29 is 18.1 Å². The fourth-order valence-corrected chi connectivity index (χ4v) is 5.13. The number of benzene rings is 1. The van der Waals surface area contributed by atoms with Gasteiger partial charge in [-0.05, 0) is 43.0 Å². The molecular formula is C22H23FN4O3S2. The lowest BCUT2D eigenvalue weighted by Crippen LogP contribution is -2.23. The van der Waals surface area contributed by atoms with Gasteiger partial charge < -0.3 is 10.1 Å². The Hall–Kier alpha value is -2.69. The number of rotatable bonds is 10. The summed E-state index contributed by atoms with van der Waals surface area (Å²) in [5, 5.41) is 5.47. The van der Waals surface area contributed by atoms with Gasteiger partial charge >= 0.3 is 0 Å². The number of amides is 1. The van der Waals surface area contributed by atoms with Crippen molar-refractivity contribution in [3.8, 4) is 11.1 Å². The molecule has 10 heteroatoms. The number of carbonyl (C=O) groups is 1. The quantitative estimate of drug-likeness (QED) is 0.456. The van der Waals surface area contributed by atoms with Crippen LogP contribution in [0.2, 0.25) is 0 Å². The number of carbonyl (C=O) groups excluding carboxylic acids is 1. The Morgan fingerprint density at radius 1 is 1.28 bits per heavy atom. The van der Waals surface area contributed by atoms with Crippen LogP contribution in [0.25, 0.3) is 11.1 Å². The first-order valence-electron chi connectivity index (χ1n) is 10.2. The molecular weight excluding hydrogens is 451 g/mol. The van der Waals surface area contributed by atoms with E-state index < -0.39 is 22.7 Å². The van der Waals surface area contributed by atoms with Gasteiger partial charge in [-0.25, -0.2) is 13.6 Å². The van der Waals surface area contributed by atoms with Crippen LogP contribution in [0.5, 0.6) is 0 Å². The third-order valence-corrected chi connectivity index (χ3v) is 7.39. The van der Waals surface area contributed by atoms with Gasteiger partial charge in [0.1, 0.15) is 16.8 Å². The molecule has 1 amide bonds. The molecule has 32 heavy (non-hydrogen) atoms. The highest BCUT2D eigenvalue weighted by molar-refractivity contribution is 7.87. The molecule has 3 aromatic rings. The van der Waals surface area contributed by atoms with Crippen LogP contribution in [0.3, 0.4) is 0 Å². The van der Waals surface area contributed by atoms with Crippen molar-refractivity contribution in [1.82, 2.24) is 9.97 Å². The van der Waals surface area contributed by atoms with Gasteiger partial charge in [0, 0.05) is 36.5 Å². The fraction of sp³-hybridized carbons (Fsp3) is 0.318. The standard InChI is InChI=1S/C22H23FN4O3S2/c1-30-9-8-19(20-13-31-22(26-20)27-32(29)18-6-7-18)21(28)25-17-4-2-14(3-5-17)15-10-16(23)12-24-11-15/h2-5,10-13,18-19H,6-9H2,1H3,(H,25,28)(H,26,27). The van der Waals surface area contributed by atoms with Gasteiger partial charge in [-0.2, -0.15) is 0 Å². The summed E-state index contributed by atoms with van der Waals surface area (Å²) in [6.07, 6.45) is 5.13. The van der Waals surface area contributed by atoms with E-state index in [1.807, 2.05) is 5.38 Å². The zero-order chi connectivity index (χ0) is 22.5. The summed E-state index contributed by atoms with van der Waals surface area (Å²) in [5.41, 5.74) is 2.69. The molecule has 0 saturated heterocycles. The van der Waals surface area contributed by atoms with Crippen LogP contribution in [0.15, 0.2) is 48.1 Å². The highest BCUT2D eigenvalue weighted by atomic mass is 32.2. The minimum Gasteiger partial charge on any atom is -0.385 e. The smallest absolute Gasteiger partial charge is 0.233 e. The van der Waals surface area contributed by atoms with Crippen LogP contribution >= 0.6 is 11.3 Å². The molecule has 0 aliphatic heterocycles. The SMILES string of the molecule is COCCC(C(=O)Nc1ccc(-c2cncc(F)c2)cc1)c1csc(NS(=O)C2CC2)n1. The number of hydrogen-bond donors (Lipinski definition) is 2. The zero-order valence-electron chi connectivity index (χ0n) is 17.4. The van der Waals surface area contributed by atoms with Gasteiger partial charge in [-0.15, -0.1) is 11.3 Å². The average Bonchev–Trinajstić information content (AvgIpc) is 3.55. The van der Waals surface area contributed by atoms with Crippen molar-refractivity contribution in [3.63, 3.8) is 0 Å². The van der Waals surface area contributed by atoms with E-state index in [0.29, 0.717) is 35.1 Å². The van der Waals surface area contributed by atoms with E-state index in [2.05, 4.69) is 20.0 Å². The van der Waals surface area contributed by atoms with E-state index in [4.69, 9.17) is 4.74 Å². The number of anilines is 2. The lowest BCUT2D eigenvalue weighted by molar-refractivity contribution is -0.118. The van der Waals surface area contributed by atoms with Crippen LogP contribution < -0.4 is 10.0 Å². The number of thiazole rings is 1. The molecule has 1 fully saturated rings. The van der Waals surface area contributed by atoms with Crippen molar-refractivity contribution in [2.75, 3.05) is 23.8 Å². The Morgan fingerprint density at radius 2 is 2.06 bits per heavy atom. The third-order valence-electron chi connectivity index (χ3n) is 5.01. The Bertz CT molecular complexity index is 1100. The second kappa shape index (κ2) is 10.3. The maximum absolute atomic E-state index is 13.4. The maximum Gasteiger partial charge on any atom is 0.233 e. The first kappa shape index (κ1) is 22.5. The second-order valence-electron chi connectivity index (χ2n) is 7.47. The molecule has 1 aliphatic rings. The molecule has 2 heterocycles. The van der Waals surface area contributed by atoms with Crippen LogP contribution in [-0.2, 0) is 20.5 Å². The fourth-order valence-electron chi connectivity index (χ4n) is 3.14. The maximum atomic E-state index is 13.4. The summed E-state index contributed by atoms with van der Waals surface area (Å²) < 4.78 is 33.6. The topological polar surface area (TPSA) is 93.2 Å². The van der Waals surface area contributed by atoms with Gasteiger partial charge in [-0.1, -0.05) is 12.1 Å². The Balaban J connectivity index is 1.44. The van der Waals surface area contributed by atoms with E-state index in [9.17, 15) is 13.4 Å². The minimum atomic E-state index is -1.13. The Labute approximate surface area is 192 Å². The summed E-state index contributed by atoms with van der Waals surface area (Å²) in [5.74, 6) is -1.12. The molecule has 2 atom stereocenters. The highest BCUT2D eigenvalue weighted by Gasteiger charge is 2.30. The summed E-state index contributed by atoms with van der Waals surface area (Å²) >= 11 is 1.34. The second-order valence-corrected chi connectivity index (χ2v) is 9.79. The van der Waals surface area contributed by atoms with E-state index in [1.54, 1.807) is 37.6 Å². The summed E-state index contributed by atoms with van der Waals surface area (Å²) in [6.45, 7) is 0.401. The zero-order valence-corrected chi connectivity index (χ0v) is 19.0. The van der Waals surface area contributed by atoms with E-state index in [-0.39, 0.29) is 11.2 Å². The first-order chi connectivity index (χ1) is 15.5. The monoisotopic (exact) mass is 474 g/mol. The largest absolute Gasteiger partial charge is 0.385 e. The highest BCUT2D eigenvalue weighted by Crippen LogP contribution is 2.30. The van der Waals surface area contributed by atoms with Gasteiger partial charge in [0.05, 0.1) is 23.1 Å². The molecule has 2 unspecified atom stereocenters. The summed E-state index contributed by atoms with van der Waals surface area (Å²) in [4.78, 5) is 21.4. The number of hydrogen-bond acceptors (Lipinski definition) is 6. The molecule has 0 spiro atoms. The number of nitrogens with zero attached hydrogens (tertiary/aromatic N) is 2. The van der Waals surface area contributed by atoms with Crippen molar-refractivity contribution in [3.05, 3.63) is 59.6 Å². The van der Waals surface area contributed by atoms with Crippen molar-refractivity contribution in [2.45, 2.75) is 30.4 Å². The van der Waals surface area contributed by atoms with Crippen molar-refractivity contribution in [1.29, 1.82) is 0 Å². The molecule has 2 N–H and O–H groups in total. The number of ether oxygens (including phenoxy) is 1. The van der Waals surface area contributed by atoms with Crippen LogP contribution in [0.4, 0.5) is 15.2 Å². The van der Waals surface area contributed by atoms with E-state index >= 15 is 0 Å². The predicted molar refractivity (Wildman–Crippen MR) is 124 cm³/mol. The Morgan fingerprint density at radius 3 is 2.75 bits per heavy atom. The number of nitrogens with one attached hydrogen (secondary N) is 2. The van der Waals surface area contributed by atoms with Crippen LogP contribution in [-0.4, -0.2) is 39.1 Å². The first-order valence-corrected chi connectivity index (χ1v) is 12.3. The van der Waals surface area contributed by atoms with Gasteiger partial charge in [-0.3, -0.25) is 14.5 Å². The van der Waals surface area contributed by atoms with E-state index in [1.165, 1.54) is 17.4 Å². The third kappa shape index (κ3) is 5.76. The van der Waals surface area contributed by atoms with E-state index in [0.717, 1.165) is 24.6 Å². The molecule has 1 aromatic carbocycles. The molecule has 4 rings (SSSR count). The normalized spacial score (nSPS) is 15.2. The van der Waals surface area contributed by atoms with Gasteiger partial charge in [0.15, 0.2) is 5.13 Å². The lowest BCUT2D eigenvalue weighted by Gasteiger charge is -2.15. The number of methoxy groups -OCH3 is 1. The molecule has 2 aromatic heterocycles. The molecule has 7 nitrogen and oxygen atoms in total. The summed E-state index contributed by atoms with van der Waals surface area (Å²) in [7, 11) is 0.451. The minimum absolute atomic E-state index is 0.195. The van der Waals surface area contributed by atoms with Crippen LogP contribution in [0.1, 0.15) is 30.9 Å². The Kier molecular flexibility index (Phi) is 7.23. The van der Waals surface area contributed by atoms with Gasteiger partial charge in [0.25, 0.3) is 0 Å². The molecule has 168 valence electrons. The predicted octanol–water partition coefficient (Wildman–Crippen LogP) is 4.34. The molecule has 1 aliphatic carbocycles. The summed E-state index contributed by atoms with van der Waals surface area (Å²) in [6, 6.07) is 8.53. The molecule has 0 bridgehead atoms. The van der Waals surface area contributed by atoms with Crippen molar-refractivity contribution >= 4 is 39.0 Å². The van der Waals surface area contributed by atoms with Gasteiger partial charge in [0.2, 0.25) is 5.91 Å². The number of aromatic nitrogens is 2. The average molecular weight is 475 g/mol. The van der Waals surface area contributed by atoms with Crippen LogP contribution in [0, 0.1) is 5.82 Å².